The van der Waals surface area contributed by atoms with Gasteiger partial charge in [0.1, 0.15) is 12.4 Å². The van der Waals surface area contributed by atoms with Crippen LogP contribution in [0.15, 0.2) is 22.7 Å². The molecule has 0 bridgehead atoms. The van der Waals surface area contributed by atoms with E-state index in [2.05, 4.69) is 21.0 Å². The van der Waals surface area contributed by atoms with E-state index in [-0.39, 0.29) is 6.61 Å². The smallest absolute Gasteiger partial charge is 0.252 e. The maximum atomic E-state index is 11.4. The maximum absolute atomic E-state index is 11.4. The minimum Gasteiger partial charge on any atom is -0.486 e. The summed E-state index contributed by atoms with van der Waals surface area (Å²) in [5, 5.41) is 4.27. The molecule has 0 radical (unpaired) electrons. The standard InChI is InChI=1S/C13H15BrN4O2/c1-7-12(14)10(18(2)17-7)6-20-11-5-8(15)3-4-9(11)13(16)19/h3-5H,6,15H2,1-2H3,(H2,16,19). The van der Waals surface area contributed by atoms with E-state index in [1.165, 1.54) is 0 Å². The van der Waals surface area contributed by atoms with E-state index >= 15 is 0 Å². The van der Waals surface area contributed by atoms with Gasteiger partial charge in [-0.25, -0.2) is 0 Å². The number of nitrogens with two attached hydrogens (primary N) is 2. The third-order valence-corrected chi connectivity index (χ3v) is 3.93. The molecule has 1 aromatic heterocycles. The average Bonchev–Trinajstić information content (AvgIpc) is 2.61. The summed E-state index contributed by atoms with van der Waals surface area (Å²) < 4.78 is 8.27. The summed E-state index contributed by atoms with van der Waals surface area (Å²) in [6, 6.07) is 4.74. The highest BCUT2D eigenvalue weighted by Crippen LogP contribution is 2.25. The SMILES string of the molecule is Cc1nn(C)c(COc2cc(N)ccc2C(N)=O)c1Br. The first-order valence-corrected chi connectivity index (χ1v) is 6.69. The number of hydrogen-bond donors (Lipinski definition) is 2. The number of halogens is 1. The van der Waals surface area contributed by atoms with Crippen LogP contribution in [0.1, 0.15) is 21.7 Å². The lowest BCUT2D eigenvalue weighted by Gasteiger charge is -2.11. The van der Waals surface area contributed by atoms with Crippen molar-refractivity contribution in [2.45, 2.75) is 13.5 Å². The number of aromatic nitrogens is 2. The fraction of sp³-hybridized carbons (Fsp3) is 0.231. The largest absolute Gasteiger partial charge is 0.486 e. The molecule has 0 atom stereocenters. The van der Waals surface area contributed by atoms with E-state index < -0.39 is 5.91 Å². The number of ether oxygens (including phenoxy) is 1. The van der Waals surface area contributed by atoms with Crippen molar-refractivity contribution >= 4 is 27.5 Å². The molecule has 7 heteroatoms. The summed E-state index contributed by atoms with van der Waals surface area (Å²) in [6.07, 6.45) is 0. The van der Waals surface area contributed by atoms with E-state index in [1.807, 2.05) is 14.0 Å². The van der Waals surface area contributed by atoms with Gasteiger partial charge in [-0.15, -0.1) is 0 Å². The number of nitrogen functional groups attached to an aromatic ring is 1. The van der Waals surface area contributed by atoms with Gasteiger partial charge in [-0.2, -0.15) is 5.10 Å². The molecule has 0 saturated carbocycles. The van der Waals surface area contributed by atoms with Crippen molar-refractivity contribution in [1.82, 2.24) is 9.78 Å². The molecule has 1 heterocycles. The van der Waals surface area contributed by atoms with Gasteiger partial charge < -0.3 is 16.2 Å². The number of carbonyl (C=O) groups is 1. The number of primary amides is 1. The zero-order valence-electron chi connectivity index (χ0n) is 11.2. The Morgan fingerprint density at radius 1 is 1.50 bits per heavy atom. The van der Waals surface area contributed by atoms with Crippen LogP contribution in [0, 0.1) is 6.92 Å². The highest BCUT2D eigenvalue weighted by atomic mass is 79.9. The molecule has 2 aromatic rings. The van der Waals surface area contributed by atoms with Gasteiger partial charge >= 0.3 is 0 Å². The number of amides is 1. The van der Waals surface area contributed by atoms with Crippen LogP contribution >= 0.6 is 15.9 Å². The summed E-state index contributed by atoms with van der Waals surface area (Å²) in [5.74, 6) is -0.191. The molecular weight excluding hydrogens is 324 g/mol. The Morgan fingerprint density at radius 2 is 2.20 bits per heavy atom. The minimum atomic E-state index is -0.555. The number of rotatable bonds is 4. The molecule has 1 amide bonds. The molecule has 20 heavy (non-hydrogen) atoms. The van der Waals surface area contributed by atoms with Crippen molar-refractivity contribution in [2.24, 2.45) is 12.8 Å². The summed E-state index contributed by atoms with van der Waals surface area (Å²) in [4.78, 5) is 11.4. The minimum absolute atomic E-state index is 0.252. The molecule has 2 rings (SSSR count). The van der Waals surface area contributed by atoms with E-state index in [0.717, 1.165) is 15.9 Å². The average molecular weight is 339 g/mol. The Bertz CT molecular complexity index is 667. The van der Waals surface area contributed by atoms with Crippen LogP contribution in [0.5, 0.6) is 5.75 Å². The molecule has 0 unspecified atom stereocenters. The van der Waals surface area contributed by atoms with Crippen molar-refractivity contribution < 1.29 is 9.53 Å². The highest BCUT2D eigenvalue weighted by molar-refractivity contribution is 9.10. The van der Waals surface area contributed by atoms with Gasteiger partial charge in [0.05, 0.1) is 21.4 Å². The van der Waals surface area contributed by atoms with E-state index in [1.54, 1.807) is 22.9 Å². The van der Waals surface area contributed by atoms with Crippen molar-refractivity contribution in [3.05, 3.63) is 39.6 Å². The number of benzene rings is 1. The summed E-state index contributed by atoms with van der Waals surface area (Å²) in [6.45, 7) is 2.14. The van der Waals surface area contributed by atoms with Crippen molar-refractivity contribution in [2.75, 3.05) is 5.73 Å². The Hall–Kier alpha value is -2.02. The van der Waals surface area contributed by atoms with E-state index in [0.29, 0.717) is 17.0 Å². The number of hydrogen-bond acceptors (Lipinski definition) is 4. The molecule has 4 N–H and O–H groups in total. The van der Waals surface area contributed by atoms with Crippen LogP contribution in [0.3, 0.4) is 0 Å². The van der Waals surface area contributed by atoms with Gasteiger partial charge in [0.2, 0.25) is 0 Å². The molecule has 0 fully saturated rings. The lowest BCUT2D eigenvalue weighted by molar-refractivity contribution is 0.0996. The summed E-state index contributed by atoms with van der Waals surface area (Å²) >= 11 is 3.46. The maximum Gasteiger partial charge on any atom is 0.252 e. The molecule has 0 aliphatic rings. The van der Waals surface area contributed by atoms with E-state index in [4.69, 9.17) is 16.2 Å². The number of nitrogens with zero attached hydrogens (tertiary/aromatic N) is 2. The van der Waals surface area contributed by atoms with Crippen molar-refractivity contribution in [3.8, 4) is 5.75 Å². The fourth-order valence-corrected chi connectivity index (χ4v) is 2.30. The zero-order valence-corrected chi connectivity index (χ0v) is 12.8. The second-order valence-electron chi connectivity index (χ2n) is 4.38. The topological polar surface area (TPSA) is 96.2 Å². The van der Waals surface area contributed by atoms with Gasteiger partial charge in [-0.1, -0.05) is 0 Å². The lowest BCUT2D eigenvalue weighted by atomic mass is 10.1. The Labute approximate surface area is 124 Å². The van der Waals surface area contributed by atoms with Gasteiger partial charge in [0, 0.05) is 18.8 Å². The highest BCUT2D eigenvalue weighted by Gasteiger charge is 2.14. The summed E-state index contributed by atoms with van der Waals surface area (Å²) in [5.41, 5.74) is 13.5. The number of carbonyl (C=O) groups excluding carboxylic acids is 1. The normalized spacial score (nSPS) is 10.6. The van der Waals surface area contributed by atoms with Crippen LogP contribution in [-0.2, 0) is 13.7 Å². The van der Waals surface area contributed by atoms with Crippen LogP contribution in [0.25, 0.3) is 0 Å². The Morgan fingerprint density at radius 3 is 2.75 bits per heavy atom. The van der Waals surface area contributed by atoms with Crippen LogP contribution in [0.4, 0.5) is 5.69 Å². The molecule has 6 nitrogen and oxygen atoms in total. The van der Waals surface area contributed by atoms with Crippen molar-refractivity contribution in [3.63, 3.8) is 0 Å². The lowest BCUT2D eigenvalue weighted by Crippen LogP contribution is -2.14. The molecule has 0 spiro atoms. The number of aryl methyl sites for hydroxylation is 2. The van der Waals surface area contributed by atoms with Crippen LogP contribution in [-0.4, -0.2) is 15.7 Å². The predicted molar refractivity (Wildman–Crippen MR) is 79.3 cm³/mol. The first-order valence-electron chi connectivity index (χ1n) is 5.90. The molecule has 0 aliphatic carbocycles. The van der Waals surface area contributed by atoms with Gasteiger partial charge in [-0.3, -0.25) is 9.48 Å². The first-order chi connectivity index (χ1) is 9.40. The van der Waals surface area contributed by atoms with Crippen LogP contribution < -0.4 is 16.2 Å². The summed E-state index contributed by atoms with van der Waals surface area (Å²) in [7, 11) is 1.82. The molecule has 106 valence electrons. The van der Waals surface area contributed by atoms with Gasteiger partial charge in [0.25, 0.3) is 5.91 Å². The van der Waals surface area contributed by atoms with Crippen molar-refractivity contribution in [1.29, 1.82) is 0 Å². The third kappa shape index (κ3) is 2.77. The first kappa shape index (κ1) is 14.4. The predicted octanol–water partition coefficient (Wildman–Crippen LogP) is 1.75. The molecule has 0 aliphatic heterocycles. The Balaban J connectivity index is 2.27. The Kier molecular flexibility index (Phi) is 3.99. The molecule has 1 aromatic carbocycles. The van der Waals surface area contributed by atoms with Gasteiger partial charge in [-0.05, 0) is 35.0 Å². The van der Waals surface area contributed by atoms with E-state index in [9.17, 15) is 4.79 Å². The molecule has 0 saturated heterocycles. The third-order valence-electron chi connectivity index (χ3n) is 2.90. The fourth-order valence-electron chi connectivity index (χ4n) is 1.84. The zero-order chi connectivity index (χ0) is 14.9. The quantitative estimate of drug-likeness (QED) is 0.830. The van der Waals surface area contributed by atoms with Crippen LogP contribution in [0.2, 0.25) is 0 Å². The van der Waals surface area contributed by atoms with Gasteiger partial charge in [0.15, 0.2) is 0 Å². The number of anilines is 1. The molecular formula is C13H15BrN4O2. The second kappa shape index (κ2) is 5.54. The monoisotopic (exact) mass is 338 g/mol. The second-order valence-corrected chi connectivity index (χ2v) is 5.17.